The van der Waals surface area contributed by atoms with E-state index in [4.69, 9.17) is 0 Å². The van der Waals surface area contributed by atoms with Crippen molar-refractivity contribution in [1.82, 2.24) is 14.1 Å². The molecule has 2 fully saturated rings. The summed E-state index contributed by atoms with van der Waals surface area (Å²) in [5, 5.41) is 10.2. The van der Waals surface area contributed by atoms with Crippen LogP contribution in [0.2, 0.25) is 0 Å². The van der Waals surface area contributed by atoms with E-state index < -0.39 is 10.0 Å². The summed E-state index contributed by atoms with van der Waals surface area (Å²) in [4.78, 5) is 5.06. The van der Waals surface area contributed by atoms with Crippen LogP contribution >= 0.6 is 0 Å². The second kappa shape index (κ2) is 9.51. The van der Waals surface area contributed by atoms with Crippen molar-refractivity contribution in [3.8, 4) is 5.75 Å². The van der Waals surface area contributed by atoms with Gasteiger partial charge in [0, 0.05) is 37.1 Å². The van der Waals surface area contributed by atoms with Crippen LogP contribution in [0.15, 0.2) is 48.5 Å². The van der Waals surface area contributed by atoms with Gasteiger partial charge in [-0.3, -0.25) is 0 Å². The zero-order valence-corrected chi connectivity index (χ0v) is 22.0. The molecule has 2 aromatic carbocycles. The van der Waals surface area contributed by atoms with Crippen LogP contribution in [0.1, 0.15) is 42.9 Å². The highest BCUT2D eigenvalue weighted by atomic mass is 32.2. The quantitative estimate of drug-likeness (QED) is 0.662. The number of likely N-dealkylation sites (tertiary alicyclic amines) is 1. The fraction of sp³-hybridized carbons (Fsp3) is 0.571. The first-order chi connectivity index (χ1) is 16.7. The molecule has 2 saturated heterocycles. The first-order valence-electron chi connectivity index (χ1n) is 12.9. The molecular weight excluding hydrogens is 458 g/mol. The lowest BCUT2D eigenvalue weighted by atomic mass is 9.61. The van der Waals surface area contributed by atoms with Crippen molar-refractivity contribution in [1.29, 1.82) is 0 Å². The van der Waals surface area contributed by atoms with Crippen LogP contribution in [0.4, 0.5) is 0 Å². The molecular formula is C28H39N3O3S. The molecule has 2 bridgehead atoms. The molecule has 0 amide bonds. The zero-order chi connectivity index (χ0) is 24.8. The number of hydrogen-bond acceptors (Lipinski definition) is 5. The van der Waals surface area contributed by atoms with Gasteiger partial charge in [-0.2, -0.15) is 0 Å². The average Bonchev–Trinajstić information content (AvgIpc) is 2.83. The molecule has 6 nitrogen and oxygen atoms in total. The van der Waals surface area contributed by atoms with Crippen LogP contribution in [0.5, 0.6) is 5.75 Å². The number of benzene rings is 2. The molecule has 2 aliphatic heterocycles. The number of piperidine rings is 2. The van der Waals surface area contributed by atoms with Crippen LogP contribution in [0.25, 0.3) is 0 Å². The summed E-state index contributed by atoms with van der Waals surface area (Å²) in [6.45, 7) is 5.64. The summed E-state index contributed by atoms with van der Waals surface area (Å²) in [5.41, 5.74) is 3.52. The molecule has 190 valence electrons. The van der Waals surface area contributed by atoms with Crippen molar-refractivity contribution < 1.29 is 13.5 Å². The monoisotopic (exact) mass is 497 g/mol. The number of nitrogens with zero attached hydrogens (tertiary/aromatic N) is 3. The van der Waals surface area contributed by atoms with Gasteiger partial charge in [0.25, 0.3) is 0 Å². The second-order valence-electron chi connectivity index (χ2n) is 11.2. The third-order valence-electron chi connectivity index (χ3n) is 8.88. The maximum atomic E-state index is 13.0. The Morgan fingerprint density at radius 3 is 2.51 bits per heavy atom. The fourth-order valence-corrected chi connectivity index (χ4v) is 8.56. The first-order valence-corrected chi connectivity index (χ1v) is 14.5. The lowest BCUT2D eigenvalue weighted by Gasteiger charge is -2.58. The molecule has 0 radical (unpaired) electrons. The summed E-state index contributed by atoms with van der Waals surface area (Å²) in [7, 11) is 1.21. The molecule has 0 saturated carbocycles. The zero-order valence-electron chi connectivity index (χ0n) is 21.2. The van der Waals surface area contributed by atoms with Crippen LogP contribution in [0, 0.1) is 5.92 Å². The van der Waals surface area contributed by atoms with Gasteiger partial charge >= 0.3 is 0 Å². The Kier molecular flexibility index (Phi) is 6.72. The van der Waals surface area contributed by atoms with Gasteiger partial charge in [0.1, 0.15) is 5.75 Å². The Labute approximate surface area is 210 Å². The Hall–Kier alpha value is -1.93. The maximum Gasteiger partial charge on any atom is 0.218 e. The SMILES string of the molecule is CN1CC[C@@]2(C)c3cc(O)ccc3C[C@@H]1[C@@H]2N(C)CC1CCN(S(=O)(=O)Cc2ccccc2)CC1. The van der Waals surface area contributed by atoms with Gasteiger partial charge in [0.15, 0.2) is 0 Å². The molecule has 3 atom stereocenters. The van der Waals surface area contributed by atoms with E-state index in [9.17, 15) is 13.5 Å². The van der Waals surface area contributed by atoms with Crippen molar-refractivity contribution >= 4 is 10.0 Å². The van der Waals surface area contributed by atoms with E-state index in [1.165, 1.54) is 11.1 Å². The summed E-state index contributed by atoms with van der Waals surface area (Å²) >= 11 is 0. The molecule has 2 aromatic rings. The lowest BCUT2D eigenvalue weighted by Crippen LogP contribution is -2.66. The third-order valence-corrected chi connectivity index (χ3v) is 10.7. The largest absolute Gasteiger partial charge is 0.508 e. The Morgan fingerprint density at radius 1 is 1.09 bits per heavy atom. The van der Waals surface area contributed by atoms with Gasteiger partial charge < -0.3 is 14.9 Å². The van der Waals surface area contributed by atoms with E-state index in [-0.39, 0.29) is 11.2 Å². The minimum Gasteiger partial charge on any atom is -0.508 e. The number of phenolic OH excluding ortho intramolecular Hbond substituents is 1. The van der Waals surface area contributed by atoms with Gasteiger partial charge in [-0.1, -0.05) is 43.3 Å². The molecule has 2 heterocycles. The summed E-state index contributed by atoms with van der Waals surface area (Å²) in [6, 6.07) is 16.2. The second-order valence-corrected chi connectivity index (χ2v) is 13.2. The lowest BCUT2D eigenvalue weighted by molar-refractivity contribution is -0.00615. The van der Waals surface area contributed by atoms with Crippen LogP contribution < -0.4 is 0 Å². The minimum atomic E-state index is -3.29. The van der Waals surface area contributed by atoms with Gasteiger partial charge in [0.05, 0.1) is 5.75 Å². The molecule has 5 rings (SSSR count). The predicted octanol–water partition coefficient (Wildman–Crippen LogP) is 3.45. The molecule has 35 heavy (non-hydrogen) atoms. The van der Waals surface area contributed by atoms with E-state index in [0.717, 1.165) is 44.3 Å². The van der Waals surface area contributed by atoms with Crippen LogP contribution in [-0.2, 0) is 27.6 Å². The number of fused-ring (bicyclic) bond motifs is 4. The van der Waals surface area contributed by atoms with E-state index in [1.807, 2.05) is 42.5 Å². The van der Waals surface area contributed by atoms with Gasteiger partial charge in [0.2, 0.25) is 10.0 Å². The number of rotatable bonds is 6. The van der Waals surface area contributed by atoms with Crippen LogP contribution in [-0.4, -0.2) is 80.0 Å². The smallest absolute Gasteiger partial charge is 0.218 e. The molecule has 1 N–H and O–H groups in total. The van der Waals surface area contributed by atoms with Crippen LogP contribution in [0.3, 0.4) is 0 Å². The average molecular weight is 498 g/mol. The highest BCUT2D eigenvalue weighted by molar-refractivity contribution is 7.88. The topological polar surface area (TPSA) is 64.1 Å². The van der Waals surface area contributed by atoms with Crippen molar-refractivity contribution in [3.05, 3.63) is 65.2 Å². The van der Waals surface area contributed by atoms with E-state index in [1.54, 1.807) is 4.31 Å². The molecule has 0 spiro atoms. The van der Waals surface area contributed by atoms with Gasteiger partial charge in [-0.05, 0) is 81.1 Å². The summed E-state index contributed by atoms with van der Waals surface area (Å²) in [5.74, 6) is 0.926. The fourth-order valence-electron chi connectivity index (χ4n) is 7.00. The van der Waals surface area contributed by atoms with E-state index >= 15 is 0 Å². The number of hydrogen-bond donors (Lipinski definition) is 1. The third kappa shape index (κ3) is 4.76. The minimum absolute atomic E-state index is 0.00201. The highest BCUT2D eigenvalue weighted by Crippen LogP contribution is 2.47. The Bertz CT molecular complexity index is 1150. The molecule has 0 unspecified atom stereocenters. The Balaban J connectivity index is 1.26. The maximum absolute atomic E-state index is 13.0. The number of aromatic hydroxyl groups is 1. The first kappa shape index (κ1) is 24.8. The molecule has 1 aliphatic carbocycles. The standard InChI is InChI=1S/C28H39N3O3S/c1-28-13-16-29(2)26(17-23-9-10-24(32)18-25(23)28)27(28)30(3)19-21-11-14-31(15-12-21)35(33,34)20-22-7-5-4-6-8-22/h4-10,18,21,26-27,32H,11-17,19-20H2,1-3H3/t26-,27+,28+/m1/s1. The predicted molar refractivity (Wildman–Crippen MR) is 140 cm³/mol. The molecule has 7 heteroatoms. The number of likely N-dealkylation sites (N-methyl/N-ethyl adjacent to an activating group) is 2. The van der Waals surface area contributed by atoms with Crippen molar-refractivity contribution in [3.63, 3.8) is 0 Å². The number of phenols is 1. The van der Waals surface area contributed by atoms with Gasteiger partial charge in [-0.25, -0.2) is 12.7 Å². The normalized spacial score (nSPS) is 28.2. The summed E-state index contributed by atoms with van der Waals surface area (Å²) in [6.07, 6.45) is 3.88. The molecule has 3 aliphatic rings. The highest BCUT2D eigenvalue weighted by Gasteiger charge is 2.51. The van der Waals surface area contributed by atoms with E-state index in [0.29, 0.717) is 36.8 Å². The van der Waals surface area contributed by atoms with Gasteiger partial charge in [-0.15, -0.1) is 0 Å². The summed E-state index contributed by atoms with van der Waals surface area (Å²) < 4.78 is 27.6. The van der Waals surface area contributed by atoms with E-state index in [2.05, 4.69) is 36.9 Å². The Morgan fingerprint density at radius 2 is 1.80 bits per heavy atom. The molecule has 0 aromatic heterocycles. The van der Waals surface area contributed by atoms with Crippen molar-refractivity contribution in [2.75, 3.05) is 40.3 Å². The van der Waals surface area contributed by atoms with Crippen molar-refractivity contribution in [2.45, 2.75) is 55.9 Å². The number of sulfonamides is 1. The van der Waals surface area contributed by atoms with Crippen molar-refractivity contribution in [2.24, 2.45) is 5.92 Å².